The van der Waals surface area contributed by atoms with Gasteiger partial charge in [-0.3, -0.25) is 0 Å². The minimum atomic E-state index is 0.00752. The SMILES string of the molecule is C=C(C)C(NC)C1(OCC)CCCCC1. The Balaban J connectivity index is 2.81. The lowest BCUT2D eigenvalue weighted by atomic mass is 9.77. The molecule has 0 bridgehead atoms. The second kappa shape index (κ2) is 5.66. The van der Waals surface area contributed by atoms with Gasteiger partial charge in [0.05, 0.1) is 11.6 Å². The van der Waals surface area contributed by atoms with Crippen LogP contribution in [0.25, 0.3) is 0 Å². The third kappa shape index (κ3) is 2.82. The van der Waals surface area contributed by atoms with Gasteiger partial charge >= 0.3 is 0 Å². The van der Waals surface area contributed by atoms with Crippen molar-refractivity contribution in [3.05, 3.63) is 12.2 Å². The molecule has 1 unspecified atom stereocenters. The fourth-order valence-electron chi connectivity index (χ4n) is 2.91. The van der Waals surface area contributed by atoms with Crippen LogP contribution in [0.2, 0.25) is 0 Å². The van der Waals surface area contributed by atoms with Gasteiger partial charge in [0.25, 0.3) is 0 Å². The van der Waals surface area contributed by atoms with Gasteiger partial charge in [-0.25, -0.2) is 0 Å². The molecule has 2 nitrogen and oxygen atoms in total. The molecule has 88 valence electrons. The molecule has 0 aromatic rings. The summed E-state index contributed by atoms with van der Waals surface area (Å²) < 4.78 is 6.06. The van der Waals surface area contributed by atoms with Crippen LogP contribution in [0.1, 0.15) is 46.0 Å². The second-order valence-electron chi connectivity index (χ2n) is 4.63. The van der Waals surface area contributed by atoms with Gasteiger partial charge in [-0.15, -0.1) is 0 Å². The van der Waals surface area contributed by atoms with Gasteiger partial charge in [0, 0.05) is 6.61 Å². The molecule has 1 rings (SSSR count). The van der Waals surface area contributed by atoms with Crippen LogP contribution in [-0.4, -0.2) is 25.3 Å². The van der Waals surface area contributed by atoms with Crippen LogP contribution in [0, 0.1) is 0 Å². The molecule has 1 aliphatic rings. The van der Waals surface area contributed by atoms with Crippen molar-refractivity contribution in [2.75, 3.05) is 13.7 Å². The van der Waals surface area contributed by atoms with Crippen LogP contribution in [0.15, 0.2) is 12.2 Å². The van der Waals surface area contributed by atoms with Crippen LogP contribution in [0.4, 0.5) is 0 Å². The van der Waals surface area contributed by atoms with E-state index >= 15 is 0 Å². The van der Waals surface area contributed by atoms with Crippen molar-refractivity contribution >= 4 is 0 Å². The molecule has 0 aromatic carbocycles. The Hall–Kier alpha value is -0.340. The smallest absolute Gasteiger partial charge is 0.0872 e. The van der Waals surface area contributed by atoms with Gasteiger partial charge in [-0.1, -0.05) is 31.4 Å². The quantitative estimate of drug-likeness (QED) is 0.706. The lowest BCUT2D eigenvalue weighted by Gasteiger charge is -2.43. The Kier molecular flexibility index (Phi) is 4.81. The van der Waals surface area contributed by atoms with E-state index in [1.165, 1.54) is 37.7 Å². The third-order valence-electron chi connectivity index (χ3n) is 3.44. The zero-order chi connectivity index (χ0) is 11.3. The van der Waals surface area contributed by atoms with Crippen LogP contribution in [-0.2, 0) is 4.74 Å². The number of rotatable bonds is 5. The molecule has 1 fully saturated rings. The minimum absolute atomic E-state index is 0.00752. The van der Waals surface area contributed by atoms with Gasteiger partial charge < -0.3 is 10.1 Å². The Morgan fingerprint density at radius 2 is 2.00 bits per heavy atom. The molecule has 1 aliphatic carbocycles. The topological polar surface area (TPSA) is 21.3 Å². The molecule has 0 radical (unpaired) electrons. The molecule has 0 aromatic heterocycles. The molecule has 0 saturated heterocycles. The van der Waals surface area contributed by atoms with Gasteiger partial charge in [-0.05, 0) is 33.7 Å². The highest BCUT2D eigenvalue weighted by Crippen LogP contribution is 2.36. The first-order valence-corrected chi connectivity index (χ1v) is 6.13. The maximum atomic E-state index is 6.06. The number of hydrogen-bond acceptors (Lipinski definition) is 2. The summed E-state index contributed by atoms with van der Waals surface area (Å²) in [6.45, 7) is 9.06. The minimum Gasteiger partial charge on any atom is -0.373 e. The first-order valence-electron chi connectivity index (χ1n) is 6.13. The summed E-state index contributed by atoms with van der Waals surface area (Å²) in [6, 6.07) is 0.303. The maximum absolute atomic E-state index is 6.06. The average molecular weight is 211 g/mol. The Labute approximate surface area is 94.1 Å². The summed E-state index contributed by atoms with van der Waals surface area (Å²) in [5.41, 5.74) is 1.20. The predicted octanol–water partition coefficient (Wildman–Crippen LogP) is 2.89. The highest BCUT2D eigenvalue weighted by molar-refractivity contribution is 5.12. The molecule has 15 heavy (non-hydrogen) atoms. The maximum Gasteiger partial charge on any atom is 0.0872 e. The van der Waals surface area contributed by atoms with Gasteiger partial charge in [0.1, 0.15) is 0 Å². The third-order valence-corrected chi connectivity index (χ3v) is 3.44. The zero-order valence-electron chi connectivity index (χ0n) is 10.4. The average Bonchev–Trinajstić information content (AvgIpc) is 2.19. The molecular weight excluding hydrogens is 186 g/mol. The summed E-state index contributed by atoms with van der Waals surface area (Å²) in [4.78, 5) is 0. The van der Waals surface area contributed by atoms with Crippen molar-refractivity contribution in [2.24, 2.45) is 0 Å². The lowest BCUT2D eigenvalue weighted by molar-refractivity contribution is -0.0805. The van der Waals surface area contributed by atoms with Gasteiger partial charge in [-0.2, -0.15) is 0 Å². The normalized spacial score (nSPS) is 22.3. The highest BCUT2D eigenvalue weighted by Gasteiger charge is 2.40. The van der Waals surface area contributed by atoms with Crippen LogP contribution < -0.4 is 5.32 Å². The summed E-state index contributed by atoms with van der Waals surface area (Å²) >= 11 is 0. The number of likely N-dealkylation sites (N-methyl/N-ethyl adjacent to an activating group) is 1. The number of ether oxygens (including phenoxy) is 1. The van der Waals surface area contributed by atoms with E-state index in [9.17, 15) is 0 Å². The lowest BCUT2D eigenvalue weighted by Crippen LogP contribution is -2.53. The Bertz CT molecular complexity index is 201. The molecule has 0 heterocycles. The van der Waals surface area contributed by atoms with Gasteiger partial charge in [0.2, 0.25) is 0 Å². The molecule has 1 N–H and O–H groups in total. The van der Waals surface area contributed by atoms with Gasteiger partial charge in [0.15, 0.2) is 0 Å². The molecule has 2 heteroatoms. The van der Waals surface area contributed by atoms with Crippen molar-refractivity contribution in [1.82, 2.24) is 5.32 Å². The number of hydrogen-bond donors (Lipinski definition) is 1. The number of nitrogens with one attached hydrogen (secondary N) is 1. The Morgan fingerprint density at radius 1 is 1.40 bits per heavy atom. The standard InChI is InChI=1S/C13H25NO/c1-5-15-13(9-7-6-8-10-13)12(14-4)11(2)3/h12,14H,2,5-10H2,1,3-4H3. The van der Waals surface area contributed by atoms with E-state index in [1.807, 2.05) is 7.05 Å². The van der Waals surface area contributed by atoms with E-state index in [-0.39, 0.29) is 5.60 Å². The van der Waals surface area contributed by atoms with Crippen molar-refractivity contribution in [3.63, 3.8) is 0 Å². The highest BCUT2D eigenvalue weighted by atomic mass is 16.5. The van der Waals surface area contributed by atoms with E-state index in [4.69, 9.17) is 4.74 Å². The first kappa shape index (κ1) is 12.7. The zero-order valence-corrected chi connectivity index (χ0v) is 10.4. The summed E-state index contributed by atoms with van der Waals surface area (Å²) in [6.07, 6.45) is 6.25. The molecule has 0 spiro atoms. The van der Waals surface area contributed by atoms with Crippen LogP contribution in [0.3, 0.4) is 0 Å². The largest absolute Gasteiger partial charge is 0.373 e. The van der Waals surface area contributed by atoms with E-state index in [0.717, 1.165) is 6.61 Å². The fraction of sp³-hybridized carbons (Fsp3) is 0.846. The summed E-state index contributed by atoms with van der Waals surface area (Å²) in [7, 11) is 2.01. The molecular formula is C13H25NO. The van der Waals surface area contributed by atoms with Crippen LogP contribution >= 0.6 is 0 Å². The monoisotopic (exact) mass is 211 g/mol. The first-order chi connectivity index (χ1) is 7.16. The Morgan fingerprint density at radius 3 is 2.40 bits per heavy atom. The summed E-state index contributed by atoms with van der Waals surface area (Å²) in [5.74, 6) is 0. The van der Waals surface area contributed by atoms with E-state index < -0.39 is 0 Å². The van der Waals surface area contributed by atoms with E-state index in [2.05, 4.69) is 25.7 Å². The summed E-state index contributed by atoms with van der Waals surface area (Å²) in [5, 5.41) is 3.37. The fourth-order valence-corrected chi connectivity index (χ4v) is 2.91. The van der Waals surface area contributed by atoms with Crippen molar-refractivity contribution in [1.29, 1.82) is 0 Å². The van der Waals surface area contributed by atoms with Crippen molar-refractivity contribution in [2.45, 2.75) is 57.6 Å². The van der Waals surface area contributed by atoms with Crippen molar-refractivity contribution < 1.29 is 4.74 Å². The molecule has 1 saturated carbocycles. The molecule has 1 atom stereocenters. The van der Waals surface area contributed by atoms with Crippen LogP contribution in [0.5, 0.6) is 0 Å². The molecule has 0 aliphatic heterocycles. The van der Waals surface area contributed by atoms with E-state index in [1.54, 1.807) is 0 Å². The molecule has 0 amide bonds. The second-order valence-corrected chi connectivity index (χ2v) is 4.63. The van der Waals surface area contributed by atoms with Crippen molar-refractivity contribution in [3.8, 4) is 0 Å². The van der Waals surface area contributed by atoms with E-state index in [0.29, 0.717) is 6.04 Å². The predicted molar refractivity (Wildman–Crippen MR) is 65.1 cm³/mol.